The molecule has 1 aliphatic heterocycles. The molecule has 0 bridgehead atoms. The molecule has 4 rings (SSSR count). The van der Waals surface area contributed by atoms with E-state index in [0.717, 1.165) is 10.9 Å². The smallest absolute Gasteiger partial charge is 0.245 e. The van der Waals surface area contributed by atoms with E-state index in [1.165, 1.54) is 0 Å². The number of fused-ring (bicyclic) bond motifs is 1. The minimum Gasteiger partial charge on any atom is -0.368 e. The van der Waals surface area contributed by atoms with Crippen LogP contribution in [-0.2, 0) is 11.3 Å². The molecule has 25 heavy (non-hydrogen) atoms. The first-order valence-electron chi connectivity index (χ1n) is 8.19. The fraction of sp³-hybridized carbons (Fsp3) is 0.294. The molecule has 0 spiro atoms. The number of benzene rings is 1. The Morgan fingerprint density at radius 3 is 2.84 bits per heavy atom. The van der Waals surface area contributed by atoms with Crippen LogP contribution >= 0.6 is 0 Å². The number of piperazine rings is 1. The Kier molecular flexibility index (Phi) is 3.72. The molecule has 0 radical (unpaired) electrons. The summed E-state index contributed by atoms with van der Waals surface area (Å²) in [7, 11) is 0. The number of hydrogen-bond donors (Lipinski definition) is 2. The zero-order valence-electron chi connectivity index (χ0n) is 13.9. The lowest BCUT2D eigenvalue weighted by atomic mass is 10.1. The van der Waals surface area contributed by atoms with Crippen LogP contribution in [-0.4, -0.2) is 50.1 Å². The van der Waals surface area contributed by atoms with E-state index in [-0.39, 0.29) is 17.9 Å². The first-order valence-corrected chi connectivity index (χ1v) is 8.19. The first kappa shape index (κ1) is 15.4. The van der Waals surface area contributed by atoms with Gasteiger partial charge in [-0.1, -0.05) is 30.3 Å². The zero-order chi connectivity index (χ0) is 17.4. The van der Waals surface area contributed by atoms with Gasteiger partial charge in [0.15, 0.2) is 5.65 Å². The van der Waals surface area contributed by atoms with E-state index in [1.807, 2.05) is 47.1 Å². The van der Waals surface area contributed by atoms with Gasteiger partial charge in [-0.25, -0.2) is 0 Å². The fourth-order valence-electron chi connectivity index (χ4n) is 3.24. The summed E-state index contributed by atoms with van der Waals surface area (Å²) in [5, 5.41) is 7.58. The second-order valence-corrected chi connectivity index (χ2v) is 6.15. The third-order valence-electron chi connectivity index (χ3n) is 4.54. The van der Waals surface area contributed by atoms with Crippen LogP contribution in [0.15, 0.2) is 36.5 Å². The van der Waals surface area contributed by atoms with Crippen molar-refractivity contribution < 1.29 is 4.79 Å². The van der Waals surface area contributed by atoms with Crippen LogP contribution in [0.4, 0.5) is 11.8 Å². The molecular weight excluding hydrogens is 318 g/mol. The van der Waals surface area contributed by atoms with Crippen LogP contribution in [0.2, 0.25) is 0 Å². The van der Waals surface area contributed by atoms with Crippen LogP contribution in [0, 0.1) is 0 Å². The Bertz CT molecular complexity index is 908. The van der Waals surface area contributed by atoms with E-state index in [0.29, 0.717) is 31.1 Å². The molecule has 128 valence electrons. The molecule has 1 aliphatic rings. The second-order valence-electron chi connectivity index (χ2n) is 6.15. The van der Waals surface area contributed by atoms with Gasteiger partial charge in [0.1, 0.15) is 11.9 Å². The van der Waals surface area contributed by atoms with Crippen molar-refractivity contribution >= 4 is 28.7 Å². The topological polar surface area (TPSA) is 104 Å². The van der Waals surface area contributed by atoms with Crippen LogP contribution in [0.3, 0.4) is 0 Å². The average Bonchev–Trinajstić information content (AvgIpc) is 3.08. The van der Waals surface area contributed by atoms with E-state index < -0.39 is 0 Å². The number of nitrogens with two attached hydrogens (primary N) is 1. The average molecular weight is 337 g/mol. The van der Waals surface area contributed by atoms with E-state index in [4.69, 9.17) is 5.73 Å². The summed E-state index contributed by atoms with van der Waals surface area (Å²) in [6.45, 7) is 3.81. The predicted octanol–water partition coefficient (Wildman–Crippen LogP) is 1.17. The standard InChI is InChI=1S/C17H19N7O/c1-11-16(25)23(10-12-5-3-2-4-6-12)7-8-24(11)15-13-9-19-22-14(13)20-17(18)21-15/h2-6,9,11H,7-8,10H2,1H3,(H3,18,19,20,21,22). The molecule has 1 fully saturated rings. The Labute approximate surface area is 144 Å². The lowest BCUT2D eigenvalue weighted by Crippen LogP contribution is -2.55. The molecule has 0 saturated carbocycles. The normalized spacial score (nSPS) is 18.1. The monoisotopic (exact) mass is 337 g/mol. The number of anilines is 2. The van der Waals surface area contributed by atoms with Crippen molar-refractivity contribution in [2.75, 3.05) is 23.7 Å². The summed E-state index contributed by atoms with van der Waals surface area (Å²) in [4.78, 5) is 25.2. The third kappa shape index (κ3) is 2.75. The highest BCUT2D eigenvalue weighted by molar-refractivity contribution is 5.92. The highest BCUT2D eigenvalue weighted by atomic mass is 16.2. The van der Waals surface area contributed by atoms with Gasteiger partial charge in [-0.15, -0.1) is 0 Å². The van der Waals surface area contributed by atoms with Gasteiger partial charge in [0, 0.05) is 19.6 Å². The van der Waals surface area contributed by atoms with Gasteiger partial charge in [-0.2, -0.15) is 15.1 Å². The lowest BCUT2D eigenvalue weighted by molar-refractivity contribution is -0.134. The molecule has 0 aliphatic carbocycles. The van der Waals surface area contributed by atoms with Crippen molar-refractivity contribution in [3.05, 3.63) is 42.1 Å². The number of amides is 1. The molecule has 8 heteroatoms. The molecule has 1 saturated heterocycles. The SMILES string of the molecule is CC1C(=O)N(Cc2ccccc2)CCN1c1nc(N)nc2[nH]ncc12. The van der Waals surface area contributed by atoms with Gasteiger partial charge in [0.05, 0.1) is 11.6 Å². The number of nitrogens with zero attached hydrogens (tertiary/aromatic N) is 5. The summed E-state index contributed by atoms with van der Waals surface area (Å²) in [5.74, 6) is 0.888. The first-order chi connectivity index (χ1) is 12.1. The van der Waals surface area contributed by atoms with Crippen molar-refractivity contribution in [3.8, 4) is 0 Å². The Balaban J connectivity index is 1.60. The minimum absolute atomic E-state index is 0.0731. The second kappa shape index (κ2) is 6.04. The summed E-state index contributed by atoms with van der Waals surface area (Å²) in [5.41, 5.74) is 7.51. The van der Waals surface area contributed by atoms with E-state index >= 15 is 0 Å². The number of nitrogens with one attached hydrogen (secondary N) is 1. The van der Waals surface area contributed by atoms with Gasteiger partial charge < -0.3 is 15.5 Å². The Morgan fingerprint density at radius 1 is 1.24 bits per heavy atom. The molecule has 1 unspecified atom stereocenters. The van der Waals surface area contributed by atoms with Crippen molar-refractivity contribution in [2.45, 2.75) is 19.5 Å². The van der Waals surface area contributed by atoms with Gasteiger partial charge in [-0.05, 0) is 12.5 Å². The molecule has 1 amide bonds. The van der Waals surface area contributed by atoms with Crippen LogP contribution in [0.1, 0.15) is 12.5 Å². The number of H-pyrrole nitrogens is 1. The molecular formula is C17H19N7O. The maximum Gasteiger partial charge on any atom is 0.245 e. The number of carbonyl (C=O) groups excluding carboxylic acids is 1. The molecule has 3 heterocycles. The number of hydrogen-bond acceptors (Lipinski definition) is 6. The highest BCUT2D eigenvalue weighted by Crippen LogP contribution is 2.27. The van der Waals surface area contributed by atoms with Crippen molar-refractivity contribution in [1.29, 1.82) is 0 Å². The fourth-order valence-corrected chi connectivity index (χ4v) is 3.24. The highest BCUT2D eigenvalue weighted by Gasteiger charge is 2.33. The van der Waals surface area contributed by atoms with E-state index in [9.17, 15) is 4.79 Å². The maximum absolute atomic E-state index is 12.9. The number of carbonyl (C=O) groups is 1. The van der Waals surface area contributed by atoms with Crippen LogP contribution in [0.25, 0.3) is 11.0 Å². The molecule has 2 aromatic heterocycles. The van der Waals surface area contributed by atoms with Crippen molar-refractivity contribution in [1.82, 2.24) is 25.1 Å². The van der Waals surface area contributed by atoms with Gasteiger partial charge in [0.25, 0.3) is 0 Å². The number of rotatable bonds is 3. The number of nitrogen functional groups attached to an aromatic ring is 1. The summed E-state index contributed by atoms with van der Waals surface area (Å²) in [6.07, 6.45) is 1.66. The molecule has 8 nitrogen and oxygen atoms in total. The van der Waals surface area contributed by atoms with Crippen molar-refractivity contribution in [3.63, 3.8) is 0 Å². The van der Waals surface area contributed by atoms with Crippen LogP contribution in [0.5, 0.6) is 0 Å². The van der Waals surface area contributed by atoms with E-state index in [2.05, 4.69) is 20.2 Å². The minimum atomic E-state index is -0.329. The predicted molar refractivity (Wildman–Crippen MR) is 94.8 cm³/mol. The molecule has 3 N–H and O–H groups in total. The van der Waals surface area contributed by atoms with Crippen molar-refractivity contribution in [2.24, 2.45) is 0 Å². The molecule has 3 aromatic rings. The quantitative estimate of drug-likeness (QED) is 0.743. The Hall–Kier alpha value is -3.16. The van der Waals surface area contributed by atoms with Crippen LogP contribution < -0.4 is 10.6 Å². The number of aromatic nitrogens is 4. The largest absolute Gasteiger partial charge is 0.368 e. The summed E-state index contributed by atoms with van der Waals surface area (Å²) >= 11 is 0. The van der Waals surface area contributed by atoms with E-state index in [1.54, 1.807) is 6.20 Å². The lowest BCUT2D eigenvalue weighted by Gasteiger charge is -2.40. The van der Waals surface area contributed by atoms with Gasteiger partial charge in [0.2, 0.25) is 11.9 Å². The maximum atomic E-state index is 12.9. The van der Waals surface area contributed by atoms with Gasteiger partial charge >= 0.3 is 0 Å². The van der Waals surface area contributed by atoms with Gasteiger partial charge in [-0.3, -0.25) is 9.89 Å². The number of aromatic amines is 1. The zero-order valence-corrected chi connectivity index (χ0v) is 13.9. The molecule has 1 atom stereocenters. The summed E-state index contributed by atoms with van der Waals surface area (Å²) in [6, 6.07) is 9.68. The Morgan fingerprint density at radius 2 is 2.04 bits per heavy atom. The third-order valence-corrected chi connectivity index (χ3v) is 4.54. The summed E-state index contributed by atoms with van der Waals surface area (Å²) < 4.78 is 0. The molecule has 1 aromatic carbocycles.